The number of amides is 1. The monoisotopic (exact) mass is 320 g/mol. The minimum atomic E-state index is -0.443. The zero-order chi connectivity index (χ0) is 17.1. The third kappa shape index (κ3) is 3.08. The average molecular weight is 320 g/mol. The molecule has 5 nitrogen and oxygen atoms in total. The van der Waals surface area contributed by atoms with Crippen LogP contribution in [-0.4, -0.2) is 12.2 Å². The SMILES string of the molecule is CC(C)OC(=O)N1C=C/C(=C/c2ccc(C#N)cc2)c2occc21. The van der Waals surface area contributed by atoms with E-state index >= 15 is 0 Å². The van der Waals surface area contributed by atoms with E-state index in [-0.39, 0.29) is 6.10 Å². The minimum absolute atomic E-state index is 0.197. The minimum Gasteiger partial charge on any atom is -0.462 e. The van der Waals surface area contributed by atoms with Crippen molar-refractivity contribution in [3.8, 4) is 6.07 Å². The van der Waals surface area contributed by atoms with Crippen LogP contribution < -0.4 is 4.90 Å². The van der Waals surface area contributed by atoms with E-state index in [9.17, 15) is 4.79 Å². The summed E-state index contributed by atoms with van der Waals surface area (Å²) in [6.07, 6.45) is 6.30. The Hall–Kier alpha value is -3.26. The van der Waals surface area contributed by atoms with E-state index < -0.39 is 6.09 Å². The molecule has 1 aliphatic rings. The normalized spacial score (nSPS) is 14.6. The molecule has 0 saturated carbocycles. The summed E-state index contributed by atoms with van der Waals surface area (Å²) in [4.78, 5) is 13.6. The Morgan fingerprint density at radius 3 is 2.71 bits per heavy atom. The van der Waals surface area contributed by atoms with E-state index in [2.05, 4.69) is 6.07 Å². The lowest BCUT2D eigenvalue weighted by molar-refractivity contribution is 0.124. The van der Waals surface area contributed by atoms with Gasteiger partial charge in [-0.1, -0.05) is 12.1 Å². The Labute approximate surface area is 140 Å². The fourth-order valence-corrected chi connectivity index (χ4v) is 2.38. The fraction of sp³-hybridized carbons (Fsp3) is 0.158. The van der Waals surface area contributed by atoms with Crippen LogP contribution in [0.3, 0.4) is 0 Å². The molecule has 0 fully saturated rings. The first-order valence-electron chi connectivity index (χ1n) is 7.56. The molecule has 2 heterocycles. The molecule has 120 valence electrons. The van der Waals surface area contributed by atoms with E-state index in [1.54, 1.807) is 50.6 Å². The average Bonchev–Trinajstić information content (AvgIpc) is 3.05. The molecule has 0 radical (unpaired) electrons. The Morgan fingerprint density at radius 1 is 1.29 bits per heavy atom. The van der Waals surface area contributed by atoms with Gasteiger partial charge in [0.05, 0.1) is 29.7 Å². The van der Waals surface area contributed by atoms with E-state index in [4.69, 9.17) is 14.4 Å². The highest BCUT2D eigenvalue weighted by Gasteiger charge is 2.25. The molecule has 1 amide bonds. The molecule has 1 aromatic heterocycles. The first-order chi connectivity index (χ1) is 11.6. The lowest BCUT2D eigenvalue weighted by atomic mass is 10.0. The highest BCUT2D eigenvalue weighted by molar-refractivity contribution is 6.00. The number of nitriles is 1. The van der Waals surface area contributed by atoms with Crippen molar-refractivity contribution in [2.75, 3.05) is 4.90 Å². The fourth-order valence-electron chi connectivity index (χ4n) is 2.38. The van der Waals surface area contributed by atoms with Gasteiger partial charge in [-0.3, -0.25) is 0 Å². The van der Waals surface area contributed by atoms with Crippen LogP contribution in [-0.2, 0) is 4.74 Å². The molecule has 0 aliphatic carbocycles. The molecule has 3 rings (SSSR count). The predicted octanol–water partition coefficient (Wildman–Crippen LogP) is 4.57. The van der Waals surface area contributed by atoms with E-state index in [0.29, 0.717) is 17.0 Å². The Kier molecular flexibility index (Phi) is 4.21. The highest BCUT2D eigenvalue weighted by Crippen LogP contribution is 2.35. The molecule has 24 heavy (non-hydrogen) atoms. The number of ether oxygens (including phenoxy) is 1. The van der Waals surface area contributed by atoms with Gasteiger partial charge in [0.2, 0.25) is 0 Å². The van der Waals surface area contributed by atoms with E-state index in [0.717, 1.165) is 11.1 Å². The maximum atomic E-state index is 12.2. The topological polar surface area (TPSA) is 66.5 Å². The Morgan fingerprint density at radius 2 is 2.04 bits per heavy atom. The van der Waals surface area contributed by atoms with Gasteiger partial charge < -0.3 is 9.15 Å². The van der Waals surface area contributed by atoms with Crippen LogP contribution in [0, 0.1) is 11.3 Å². The summed E-state index contributed by atoms with van der Waals surface area (Å²) in [6, 6.07) is 11.1. The lowest BCUT2D eigenvalue weighted by Gasteiger charge is -2.22. The van der Waals surface area contributed by atoms with Crippen molar-refractivity contribution >= 4 is 23.4 Å². The molecule has 0 saturated heterocycles. The number of carbonyl (C=O) groups excluding carboxylic acids is 1. The second-order valence-electron chi connectivity index (χ2n) is 5.59. The smallest absolute Gasteiger partial charge is 0.418 e. The molecule has 5 heteroatoms. The molecule has 0 atom stereocenters. The first-order valence-corrected chi connectivity index (χ1v) is 7.56. The van der Waals surface area contributed by atoms with E-state index in [1.165, 1.54) is 4.90 Å². The summed E-state index contributed by atoms with van der Waals surface area (Å²) in [5, 5.41) is 8.85. The van der Waals surface area contributed by atoms with Crippen LogP contribution in [0.1, 0.15) is 30.7 Å². The van der Waals surface area contributed by atoms with Gasteiger partial charge >= 0.3 is 6.09 Å². The number of hydrogen-bond acceptors (Lipinski definition) is 4. The van der Waals surface area contributed by atoms with Crippen molar-refractivity contribution in [2.24, 2.45) is 0 Å². The van der Waals surface area contributed by atoms with Gasteiger partial charge in [0.1, 0.15) is 0 Å². The quantitative estimate of drug-likeness (QED) is 0.813. The number of allylic oxidation sites excluding steroid dienone is 2. The molecule has 0 N–H and O–H groups in total. The van der Waals surface area contributed by atoms with Crippen LogP contribution in [0.4, 0.5) is 10.5 Å². The summed E-state index contributed by atoms with van der Waals surface area (Å²) in [6.45, 7) is 3.61. The second-order valence-corrected chi connectivity index (χ2v) is 5.59. The van der Waals surface area contributed by atoms with Crippen molar-refractivity contribution in [1.29, 1.82) is 5.26 Å². The molecule has 1 aromatic carbocycles. The second kappa shape index (κ2) is 6.47. The van der Waals surface area contributed by atoms with Crippen molar-refractivity contribution in [3.05, 3.63) is 65.8 Å². The zero-order valence-electron chi connectivity index (χ0n) is 13.4. The standard InChI is InChI=1S/C19H16N2O3/c1-13(2)24-19(22)21-9-7-16(18-17(21)8-10-23-18)11-14-3-5-15(12-20)6-4-14/h3-11,13H,1-2H3/b16-11-. The number of carbonyl (C=O) groups is 1. The lowest BCUT2D eigenvalue weighted by Crippen LogP contribution is -2.29. The van der Waals surface area contributed by atoms with Crippen LogP contribution >= 0.6 is 0 Å². The van der Waals surface area contributed by atoms with Crippen LogP contribution in [0.15, 0.2) is 53.3 Å². The molecule has 0 bridgehead atoms. The van der Waals surface area contributed by atoms with Crippen molar-refractivity contribution in [3.63, 3.8) is 0 Å². The van der Waals surface area contributed by atoms with Crippen molar-refractivity contribution in [2.45, 2.75) is 20.0 Å². The Bertz CT molecular complexity index is 851. The number of benzene rings is 1. The molecular formula is C19H16N2O3. The van der Waals surface area contributed by atoms with Gasteiger partial charge in [-0.25, -0.2) is 9.69 Å². The summed E-state index contributed by atoms with van der Waals surface area (Å²) in [7, 11) is 0. The van der Waals surface area contributed by atoms with Crippen molar-refractivity contribution < 1.29 is 13.9 Å². The zero-order valence-corrected chi connectivity index (χ0v) is 13.4. The van der Waals surface area contributed by atoms with Gasteiger partial charge in [-0.15, -0.1) is 0 Å². The molecule has 0 spiro atoms. The number of furan rings is 1. The summed E-state index contributed by atoms with van der Waals surface area (Å²) < 4.78 is 10.8. The van der Waals surface area contributed by atoms with Gasteiger partial charge in [0.25, 0.3) is 0 Å². The summed E-state index contributed by atoms with van der Waals surface area (Å²) in [5.41, 5.74) is 3.03. The van der Waals surface area contributed by atoms with Gasteiger partial charge in [0.15, 0.2) is 5.76 Å². The summed E-state index contributed by atoms with van der Waals surface area (Å²) >= 11 is 0. The molecule has 1 aliphatic heterocycles. The largest absolute Gasteiger partial charge is 0.462 e. The first kappa shape index (κ1) is 15.6. The molecular weight excluding hydrogens is 304 g/mol. The number of nitrogens with zero attached hydrogens (tertiary/aromatic N) is 2. The number of fused-ring (bicyclic) bond motifs is 1. The van der Waals surface area contributed by atoms with Crippen LogP contribution in [0.25, 0.3) is 11.6 Å². The third-order valence-corrected chi connectivity index (χ3v) is 3.46. The van der Waals surface area contributed by atoms with Crippen LogP contribution in [0.2, 0.25) is 0 Å². The van der Waals surface area contributed by atoms with Gasteiger partial charge in [-0.05, 0) is 43.7 Å². The molecule has 2 aromatic rings. The summed E-state index contributed by atoms with van der Waals surface area (Å²) in [5.74, 6) is 0.600. The van der Waals surface area contributed by atoms with E-state index in [1.807, 2.05) is 18.2 Å². The molecule has 0 unspecified atom stereocenters. The maximum absolute atomic E-state index is 12.2. The van der Waals surface area contributed by atoms with Crippen molar-refractivity contribution in [1.82, 2.24) is 0 Å². The number of anilines is 1. The Balaban J connectivity index is 1.92. The number of rotatable bonds is 2. The highest BCUT2D eigenvalue weighted by atomic mass is 16.6. The number of hydrogen-bond donors (Lipinski definition) is 0. The third-order valence-electron chi connectivity index (χ3n) is 3.46. The van der Waals surface area contributed by atoms with Gasteiger partial charge in [-0.2, -0.15) is 5.26 Å². The van der Waals surface area contributed by atoms with Crippen LogP contribution in [0.5, 0.6) is 0 Å². The predicted molar refractivity (Wildman–Crippen MR) is 91.0 cm³/mol. The van der Waals surface area contributed by atoms with Gasteiger partial charge in [0, 0.05) is 17.8 Å². The maximum Gasteiger partial charge on any atom is 0.418 e.